The highest BCUT2D eigenvalue weighted by Crippen LogP contribution is 2.15. The van der Waals surface area contributed by atoms with Crippen LogP contribution < -0.4 is 16.0 Å². The van der Waals surface area contributed by atoms with Crippen LogP contribution in [0.25, 0.3) is 0 Å². The predicted molar refractivity (Wildman–Crippen MR) is 70.5 cm³/mol. The Balaban J connectivity index is 2.10. The van der Waals surface area contributed by atoms with Crippen LogP contribution in [-0.4, -0.2) is 39.5 Å². The van der Waals surface area contributed by atoms with Crippen LogP contribution in [0.3, 0.4) is 0 Å². The number of nitrogens with two attached hydrogens (primary N) is 1. The normalized spacial score (nSPS) is 21.1. The summed E-state index contributed by atoms with van der Waals surface area (Å²) in [6.45, 7) is 1.67. The van der Waals surface area contributed by atoms with Gasteiger partial charge in [0.15, 0.2) is 0 Å². The molecule has 0 aliphatic carbocycles. The van der Waals surface area contributed by atoms with Crippen molar-refractivity contribution in [2.24, 2.45) is 5.84 Å². The first-order chi connectivity index (χ1) is 8.51. The highest BCUT2D eigenvalue weighted by atomic mass is 32.2. The van der Waals surface area contributed by atoms with Gasteiger partial charge in [-0.15, -0.1) is 0 Å². The highest BCUT2D eigenvalue weighted by Gasteiger charge is 2.25. The predicted octanol–water partition coefficient (Wildman–Crippen LogP) is -0.0454. The summed E-state index contributed by atoms with van der Waals surface area (Å²) in [7, 11) is -1.46. The lowest BCUT2D eigenvalue weighted by Gasteiger charge is -2.13. The lowest BCUT2D eigenvalue weighted by atomic mass is 10.3. The molecular weight excluding hydrogens is 252 g/mol. The van der Waals surface area contributed by atoms with Crippen molar-refractivity contribution in [2.45, 2.75) is 17.4 Å². The van der Waals surface area contributed by atoms with E-state index in [0.29, 0.717) is 5.69 Å². The molecule has 2 rings (SSSR count). The van der Waals surface area contributed by atoms with Crippen LogP contribution in [0, 0.1) is 0 Å². The maximum atomic E-state index is 12.1. The quantitative estimate of drug-likeness (QED) is 0.527. The minimum Gasteiger partial charge on any atom is -0.324 e. The molecule has 1 aromatic carbocycles. The fraction of sp³-hybridized carbons (Fsp3) is 0.455. The van der Waals surface area contributed by atoms with Gasteiger partial charge in [-0.25, -0.2) is 13.1 Å². The summed E-state index contributed by atoms with van der Waals surface area (Å²) in [5.74, 6) is 5.24. The Kier molecular flexibility index (Phi) is 3.86. The molecule has 1 saturated heterocycles. The maximum Gasteiger partial charge on any atom is 0.240 e. The number of likely N-dealkylation sites (tertiary alicyclic amines) is 1. The molecule has 0 bridgehead atoms. The van der Waals surface area contributed by atoms with E-state index in [4.69, 9.17) is 5.84 Å². The summed E-state index contributed by atoms with van der Waals surface area (Å²) in [5.41, 5.74) is 3.14. The molecule has 6 nitrogen and oxygen atoms in total. The number of hydrogen-bond acceptors (Lipinski definition) is 5. The van der Waals surface area contributed by atoms with Crippen molar-refractivity contribution < 1.29 is 8.42 Å². The average molecular weight is 270 g/mol. The fourth-order valence-corrected chi connectivity index (χ4v) is 3.31. The van der Waals surface area contributed by atoms with E-state index in [2.05, 4.69) is 15.0 Å². The molecule has 1 unspecified atom stereocenters. The SMILES string of the molecule is CN1CCC(NS(=O)(=O)c2ccc(NN)cc2)C1. The van der Waals surface area contributed by atoms with Gasteiger partial charge < -0.3 is 10.3 Å². The summed E-state index contributed by atoms with van der Waals surface area (Å²) in [6.07, 6.45) is 0.845. The molecule has 0 radical (unpaired) electrons. The standard InChI is InChI=1S/C11H18N4O2S/c1-15-7-6-10(8-15)14-18(16,17)11-4-2-9(13-12)3-5-11/h2-5,10,13-14H,6-8,12H2,1H3. The van der Waals surface area contributed by atoms with Gasteiger partial charge in [-0.05, 0) is 44.3 Å². The topological polar surface area (TPSA) is 87.5 Å². The number of rotatable bonds is 4. The summed E-state index contributed by atoms with van der Waals surface area (Å²) >= 11 is 0. The Labute approximate surface area is 107 Å². The molecule has 100 valence electrons. The van der Waals surface area contributed by atoms with E-state index in [1.54, 1.807) is 12.1 Å². The molecule has 1 aliphatic heterocycles. The van der Waals surface area contributed by atoms with Crippen LogP contribution in [0.2, 0.25) is 0 Å². The van der Waals surface area contributed by atoms with Crippen molar-refractivity contribution in [3.8, 4) is 0 Å². The molecule has 1 atom stereocenters. The van der Waals surface area contributed by atoms with Crippen molar-refractivity contribution >= 4 is 15.7 Å². The number of benzene rings is 1. The van der Waals surface area contributed by atoms with Gasteiger partial charge in [-0.2, -0.15) is 0 Å². The zero-order valence-electron chi connectivity index (χ0n) is 10.3. The number of sulfonamides is 1. The molecule has 1 aromatic rings. The summed E-state index contributed by atoms with van der Waals surface area (Å²) in [4.78, 5) is 2.37. The van der Waals surface area contributed by atoms with Gasteiger partial charge in [-0.1, -0.05) is 0 Å². The number of likely N-dealkylation sites (N-methyl/N-ethyl adjacent to an activating group) is 1. The third-order valence-corrected chi connectivity index (χ3v) is 4.58. The lowest BCUT2D eigenvalue weighted by molar-refractivity contribution is 0.407. The number of hydrazine groups is 1. The van der Waals surface area contributed by atoms with Gasteiger partial charge >= 0.3 is 0 Å². The smallest absolute Gasteiger partial charge is 0.240 e. The Bertz CT molecular complexity index is 500. The second-order valence-electron chi connectivity index (χ2n) is 4.54. The molecular formula is C11H18N4O2S. The molecule has 0 amide bonds. The third kappa shape index (κ3) is 2.99. The van der Waals surface area contributed by atoms with Crippen molar-refractivity contribution in [1.29, 1.82) is 0 Å². The van der Waals surface area contributed by atoms with E-state index in [1.807, 2.05) is 7.05 Å². The van der Waals surface area contributed by atoms with Gasteiger partial charge in [-0.3, -0.25) is 5.84 Å². The molecule has 0 spiro atoms. The molecule has 4 N–H and O–H groups in total. The van der Waals surface area contributed by atoms with Gasteiger partial charge in [0, 0.05) is 18.3 Å². The third-order valence-electron chi connectivity index (χ3n) is 3.04. The van der Waals surface area contributed by atoms with Crippen molar-refractivity contribution in [3.63, 3.8) is 0 Å². The first-order valence-electron chi connectivity index (χ1n) is 5.79. The Morgan fingerprint density at radius 3 is 2.50 bits per heavy atom. The van der Waals surface area contributed by atoms with E-state index in [1.165, 1.54) is 12.1 Å². The Morgan fingerprint density at radius 2 is 2.00 bits per heavy atom. The van der Waals surface area contributed by atoms with Crippen molar-refractivity contribution in [1.82, 2.24) is 9.62 Å². The summed E-state index contributed by atoms with van der Waals surface area (Å²) in [5, 5.41) is 0. The van der Waals surface area contributed by atoms with Crippen molar-refractivity contribution in [3.05, 3.63) is 24.3 Å². The first kappa shape index (κ1) is 13.3. The average Bonchev–Trinajstić information content (AvgIpc) is 2.74. The number of anilines is 1. The molecule has 0 saturated carbocycles. The molecule has 1 heterocycles. The van der Waals surface area contributed by atoms with Crippen LogP contribution in [0.4, 0.5) is 5.69 Å². The second kappa shape index (κ2) is 5.23. The number of nitrogens with zero attached hydrogens (tertiary/aromatic N) is 1. The summed E-state index contributed by atoms with van der Waals surface area (Å²) in [6, 6.07) is 6.34. The molecule has 0 aromatic heterocycles. The highest BCUT2D eigenvalue weighted by molar-refractivity contribution is 7.89. The van der Waals surface area contributed by atoms with Crippen molar-refractivity contribution in [2.75, 3.05) is 25.6 Å². The second-order valence-corrected chi connectivity index (χ2v) is 6.25. The van der Waals surface area contributed by atoms with E-state index in [-0.39, 0.29) is 10.9 Å². The summed E-state index contributed by atoms with van der Waals surface area (Å²) < 4.78 is 26.9. The van der Waals surface area contributed by atoms with Gasteiger partial charge in [0.1, 0.15) is 0 Å². The van der Waals surface area contributed by atoms with E-state index >= 15 is 0 Å². The molecule has 1 fully saturated rings. The van der Waals surface area contributed by atoms with Crippen LogP contribution in [0.15, 0.2) is 29.2 Å². The monoisotopic (exact) mass is 270 g/mol. The number of nitrogen functional groups attached to an aromatic ring is 1. The Hall–Kier alpha value is -1.15. The van der Waals surface area contributed by atoms with E-state index in [0.717, 1.165) is 19.5 Å². The van der Waals surface area contributed by atoms with E-state index < -0.39 is 10.0 Å². The van der Waals surface area contributed by atoms with Crippen LogP contribution >= 0.6 is 0 Å². The van der Waals surface area contributed by atoms with Gasteiger partial charge in [0.25, 0.3) is 0 Å². The minimum absolute atomic E-state index is 0.00712. The minimum atomic E-state index is -3.44. The zero-order chi connectivity index (χ0) is 13.2. The maximum absolute atomic E-state index is 12.1. The fourth-order valence-electron chi connectivity index (χ4n) is 2.05. The van der Waals surface area contributed by atoms with Gasteiger partial charge in [0.05, 0.1) is 4.90 Å². The largest absolute Gasteiger partial charge is 0.324 e. The first-order valence-corrected chi connectivity index (χ1v) is 7.27. The van der Waals surface area contributed by atoms with Crippen LogP contribution in [0.5, 0.6) is 0 Å². The van der Waals surface area contributed by atoms with E-state index in [9.17, 15) is 8.42 Å². The zero-order valence-corrected chi connectivity index (χ0v) is 11.1. The molecule has 1 aliphatic rings. The van der Waals surface area contributed by atoms with Crippen LogP contribution in [-0.2, 0) is 10.0 Å². The molecule has 18 heavy (non-hydrogen) atoms. The number of nitrogens with one attached hydrogen (secondary N) is 2. The van der Waals surface area contributed by atoms with Gasteiger partial charge in [0.2, 0.25) is 10.0 Å². The number of hydrogen-bond donors (Lipinski definition) is 3. The van der Waals surface area contributed by atoms with Crippen LogP contribution in [0.1, 0.15) is 6.42 Å². The lowest BCUT2D eigenvalue weighted by Crippen LogP contribution is -2.36. The Morgan fingerprint density at radius 1 is 1.33 bits per heavy atom. The molecule has 7 heteroatoms.